The van der Waals surface area contributed by atoms with E-state index in [0.717, 1.165) is 25.2 Å². The van der Waals surface area contributed by atoms with E-state index in [9.17, 15) is 13.2 Å². The van der Waals surface area contributed by atoms with Gasteiger partial charge >= 0.3 is 0 Å². The molecule has 0 bridgehead atoms. The summed E-state index contributed by atoms with van der Waals surface area (Å²) < 4.78 is 27.5. The molecule has 1 aromatic carbocycles. The van der Waals surface area contributed by atoms with Gasteiger partial charge in [0.15, 0.2) is 0 Å². The topological polar surface area (TPSA) is 98.5 Å². The summed E-state index contributed by atoms with van der Waals surface area (Å²) in [6.45, 7) is 2.15. The zero-order valence-corrected chi connectivity index (χ0v) is 12.6. The largest absolute Gasteiger partial charge is 0.381 e. The first kappa shape index (κ1) is 15.9. The molecular formula is C14H20N2O4S. The fourth-order valence-corrected chi connectivity index (χ4v) is 2.71. The number of primary sulfonamides is 1. The summed E-state index contributed by atoms with van der Waals surface area (Å²) in [6, 6.07) is 6.27. The van der Waals surface area contributed by atoms with Gasteiger partial charge in [0.1, 0.15) is 0 Å². The molecule has 1 heterocycles. The molecule has 6 nitrogen and oxygen atoms in total. The van der Waals surface area contributed by atoms with E-state index in [-0.39, 0.29) is 10.8 Å². The van der Waals surface area contributed by atoms with E-state index in [0.29, 0.717) is 25.3 Å². The van der Waals surface area contributed by atoms with Gasteiger partial charge in [0.25, 0.3) is 0 Å². The fourth-order valence-electron chi connectivity index (χ4n) is 2.19. The standard InChI is InChI=1S/C14H20N2O4S/c15-21(18,19)13-4-1-11(2-5-13)3-6-14(17)16-9-12-7-8-20-10-12/h1-2,4-5,12H,3,6-10H2,(H,16,17)(H2,15,18,19). The molecule has 1 amide bonds. The molecule has 0 aromatic heterocycles. The van der Waals surface area contributed by atoms with Gasteiger partial charge in [-0.2, -0.15) is 0 Å². The van der Waals surface area contributed by atoms with E-state index in [1.54, 1.807) is 12.1 Å². The summed E-state index contributed by atoms with van der Waals surface area (Å²) in [5.41, 5.74) is 0.904. The predicted molar refractivity (Wildman–Crippen MR) is 78.1 cm³/mol. The molecule has 1 unspecified atom stereocenters. The highest BCUT2D eigenvalue weighted by molar-refractivity contribution is 7.89. The number of amides is 1. The van der Waals surface area contributed by atoms with Crippen LogP contribution < -0.4 is 10.5 Å². The molecular weight excluding hydrogens is 292 g/mol. The van der Waals surface area contributed by atoms with Crippen LogP contribution in [0.2, 0.25) is 0 Å². The first-order valence-electron chi connectivity index (χ1n) is 6.91. The number of aryl methyl sites for hydroxylation is 1. The van der Waals surface area contributed by atoms with Crippen molar-refractivity contribution < 1.29 is 17.9 Å². The Morgan fingerprint density at radius 2 is 2.05 bits per heavy atom. The van der Waals surface area contributed by atoms with Crippen LogP contribution in [-0.2, 0) is 26.0 Å². The Bertz CT molecular complexity index is 577. The summed E-state index contributed by atoms with van der Waals surface area (Å²) in [4.78, 5) is 11.8. The molecule has 0 spiro atoms. The Morgan fingerprint density at radius 1 is 1.33 bits per heavy atom. The number of rotatable bonds is 6. The van der Waals surface area contributed by atoms with Crippen LogP contribution in [0.5, 0.6) is 0 Å². The second kappa shape index (κ2) is 7.02. The molecule has 1 atom stereocenters. The number of hydrogen-bond donors (Lipinski definition) is 2. The highest BCUT2D eigenvalue weighted by Gasteiger charge is 2.16. The molecule has 1 aromatic rings. The number of benzene rings is 1. The number of nitrogens with one attached hydrogen (secondary N) is 1. The highest BCUT2D eigenvalue weighted by Crippen LogP contribution is 2.12. The second-order valence-corrected chi connectivity index (χ2v) is 6.78. The first-order chi connectivity index (χ1) is 9.95. The van der Waals surface area contributed by atoms with E-state index in [1.165, 1.54) is 12.1 Å². The molecule has 1 aliphatic heterocycles. The molecule has 1 aliphatic rings. The molecule has 0 saturated carbocycles. The minimum Gasteiger partial charge on any atom is -0.381 e. The minimum atomic E-state index is -3.66. The molecule has 7 heteroatoms. The minimum absolute atomic E-state index is 0.00239. The van der Waals surface area contributed by atoms with Crippen molar-refractivity contribution in [1.82, 2.24) is 5.32 Å². The smallest absolute Gasteiger partial charge is 0.238 e. The zero-order chi connectivity index (χ0) is 15.3. The van der Waals surface area contributed by atoms with Gasteiger partial charge in [-0.25, -0.2) is 13.6 Å². The summed E-state index contributed by atoms with van der Waals surface area (Å²) in [7, 11) is -3.66. The molecule has 1 fully saturated rings. The van der Waals surface area contributed by atoms with Crippen molar-refractivity contribution in [2.45, 2.75) is 24.2 Å². The third kappa shape index (κ3) is 5.11. The van der Waals surface area contributed by atoms with Crippen molar-refractivity contribution in [3.63, 3.8) is 0 Å². The van der Waals surface area contributed by atoms with Crippen molar-refractivity contribution in [2.75, 3.05) is 19.8 Å². The monoisotopic (exact) mass is 312 g/mol. The lowest BCUT2D eigenvalue weighted by Crippen LogP contribution is -2.29. The summed E-state index contributed by atoms with van der Waals surface area (Å²) in [5, 5.41) is 7.92. The maximum Gasteiger partial charge on any atom is 0.238 e. The Morgan fingerprint density at radius 3 is 2.62 bits per heavy atom. The van der Waals surface area contributed by atoms with Crippen LogP contribution in [0.3, 0.4) is 0 Å². The van der Waals surface area contributed by atoms with E-state index < -0.39 is 10.0 Å². The van der Waals surface area contributed by atoms with Gasteiger partial charge in [-0.05, 0) is 30.5 Å². The SMILES string of the molecule is NS(=O)(=O)c1ccc(CCC(=O)NCC2CCOC2)cc1. The van der Waals surface area contributed by atoms with Gasteiger partial charge in [-0.3, -0.25) is 4.79 Å². The van der Waals surface area contributed by atoms with Crippen LogP contribution in [0.1, 0.15) is 18.4 Å². The van der Waals surface area contributed by atoms with Crippen molar-refractivity contribution in [3.05, 3.63) is 29.8 Å². The van der Waals surface area contributed by atoms with Gasteiger partial charge in [0.05, 0.1) is 11.5 Å². The van der Waals surface area contributed by atoms with E-state index in [1.807, 2.05) is 0 Å². The molecule has 2 rings (SSSR count). The molecule has 0 aliphatic carbocycles. The lowest BCUT2D eigenvalue weighted by Gasteiger charge is -2.09. The average Bonchev–Trinajstić information content (AvgIpc) is 2.95. The van der Waals surface area contributed by atoms with Crippen LogP contribution in [0.25, 0.3) is 0 Å². The molecule has 1 saturated heterocycles. The molecule has 21 heavy (non-hydrogen) atoms. The summed E-state index contributed by atoms with van der Waals surface area (Å²) in [6.07, 6.45) is 1.94. The lowest BCUT2D eigenvalue weighted by atomic mass is 10.1. The van der Waals surface area contributed by atoms with Crippen LogP contribution in [0, 0.1) is 5.92 Å². The van der Waals surface area contributed by atoms with Crippen molar-refractivity contribution in [1.29, 1.82) is 0 Å². The van der Waals surface area contributed by atoms with Crippen LogP contribution >= 0.6 is 0 Å². The number of ether oxygens (including phenoxy) is 1. The van der Waals surface area contributed by atoms with E-state index in [4.69, 9.17) is 9.88 Å². The van der Waals surface area contributed by atoms with Crippen molar-refractivity contribution in [2.24, 2.45) is 11.1 Å². The third-order valence-corrected chi connectivity index (χ3v) is 4.43. The van der Waals surface area contributed by atoms with Crippen molar-refractivity contribution in [3.8, 4) is 0 Å². The van der Waals surface area contributed by atoms with Crippen LogP contribution in [0.15, 0.2) is 29.2 Å². The zero-order valence-electron chi connectivity index (χ0n) is 11.7. The van der Waals surface area contributed by atoms with Gasteiger partial charge in [-0.1, -0.05) is 12.1 Å². The Kier molecular flexibility index (Phi) is 5.33. The van der Waals surface area contributed by atoms with E-state index in [2.05, 4.69) is 5.32 Å². The van der Waals surface area contributed by atoms with E-state index >= 15 is 0 Å². The van der Waals surface area contributed by atoms with Gasteiger partial charge in [0, 0.05) is 25.5 Å². The quantitative estimate of drug-likeness (QED) is 0.795. The van der Waals surface area contributed by atoms with Crippen molar-refractivity contribution >= 4 is 15.9 Å². The summed E-state index contributed by atoms with van der Waals surface area (Å²) >= 11 is 0. The molecule has 3 N–H and O–H groups in total. The normalized spacial score (nSPS) is 18.6. The van der Waals surface area contributed by atoms with Crippen LogP contribution in [0.4, 0.5) is 0 Å². The second-order valence-electron chi connectivity index (χ2n) is 5.22. The summed E-state index contributed by atoms with van der Waals surface area (Å²) in [5.74, 6) is 0.417. The number of nitrogens with two attached hydrogens (primary N) is 1. The third-order valence-electron chi connectivity index (χ3n) is 3.50. The fraction of sp³-hybridized carbons (Fsp3) is 0.500. The van der Waals surface area contributed by atoms with Gasteiger partial charge in [0.2, 0.25) is 15.9 Å². The Labute approximate surface area is 124 Å². The lowest BCUT2D eigenvalue weighted by molar-refractivity contribution is -0.121. The van der Waals surface area contributed by atoms with Gasteiger partial charge < -0.3 is 10.1 Å². The maximum absolute atomic E-state index is 11.7. The molecule has 0 radical (unpaired) electrons. The number of hydrogen-bond acceptors (Lipinski definition) is 4. The maximum atomic E-state index is 11.7. The highest BCUT2D eigenvalue weighted by atomic mass is 32.2. The molecule has 116 valence electrons. The first-order valence-corrected chi connectivity index (χ1v) is 8.46. The Balaban J connectivity index is 1.75. The average molecular weight is 312 g/mol. The predicted octanol–water partition coefficient (Wildman–Crippen LogP) is 0.419. The van der Waals surface area contributed by atoms with Gasteiger partial charge in [-0.15, -0.1) is 0 Å². The number of sulfonamides is 1. The number of carbonyl (C=O) groups excluding carboxylic acids is 1. The number of carbonyl (C=O) groups is 1. The Hall–Kier alpha value is -1.44. The van der Waals surface area contributed by atoms with Crippen LogP contribution in [-0.4, -0.2) is 34.1 Å².